The predicted octanol–water partition coefficient (Wildman–Crippen LogP) is 0.467. The van der Waals surface area contributed by atoms with Gasteiger partial charge in [-0.25, -0.2) is 0 Å². The molecule has 1 rings (SSSR count). The van der Waals surface area contributed by atoms with E-state index in [-0.39, 0.29) is 18.2 Å². The molecule has 0 aromatic rings. The summed E-state index contributed by atoms with van der Waals surface area (Å²) in [7, 11) is 0. The number of hydrogen-bond donors (Lipinski definition) is 1. The molecule has 2 atom stereocenters. The van der Waals surface area contributed by atoms with Crippen LogP contribution in [0.2, 0.25) is 0 Å². The molecule has 3 nitrogen and oxygen atoms in total. The van der Waals surface area contributed by atoms with E-state index in [1.54, 1.807) is 0 Å². The number of carbonyl (C=O) groups excluding carboxylic acids is 1. The normalized spacial score (nSPS) is 29.8. The molecule has 2 unspecified atom stereocenters. The fourth-order valence-electron chi connectivity index (χ4n) is 1.45. The molecule has 1 aliphatic rings. The van der Waals surface area contributed by atoms with Crippen LogP contribution in [0, 0.1) is 17.2 Å². The van der Waals surface area contributed by atoms with Crippen molar-refractivity contribution in [3.8, 4) is 6.07 Å². The topological polar surface area (TPSA) is 52.9 Å². The Bertz CT molecular complexity index is 195. The maximum Gasteiger partial charge on any atom is 0.164 e. The van der Waals surface area contributed by atoms with Crippen molar-refractivity contribution < 1.29 is 4.79 Å². The van der Waals surface area contributed by atoms with Crippen molar-refractivity contribution in [1.82, 2.24) is 5.32 Å². The summed E-state index contributed by atoms with van der Waals surface area (Å²) in [4.78, 5) is 11.2. The lowest BCUT2D eigenvalue weighted by Gasteiger charge is -2.11. The maximum absolute atomic E-state index is 11.2. The Morgan fingerprint density at radius 2 is 2.55 bits per heavy atom. The van der Waals surface area contributed by atoms with E-state index in [1.165, 1.54) is 0 Å². The average molecular weight is 152 g/mol. The highest BCUT2D eigenvalue weighted by atomic mass is 16.1. The summed E-state index contributed by atoms with van der Waals surface area (Å²) in [5.41, 5.74) is 0. The fraction of sp³-hybridized carbons (Fsp3) is 0.750. The van der Waals surface area contributed by atoms with Gasteiger partial charge in [0.05, 0.1) is 18.5 Å². The molecule has 1 heterocycles. The molecule has 60 valence electrons. The van der Waals surface area contributed by atoms with Crippen LogP contribution >= 0.6 is 0 Å². The molecule has 0 amide bonds. The molecule has 0 spiro atoms. The monoisotopic (exact) mass is 152 g/mol. The van der Waals surface area contributed by atoms with Gasteiger partial charge in [-0.3, -0.25) is 4.79 Å². The highest BCUT2D eigenvalue weighted by Crippen LogP contribution is 2.15. The summed E-state index contributed by atoms with van der Waals surface area (Å²) in [6.45, 7) is 2.95. The standard InChI is InChI=1S/C8H12N2O/c1-6-3-5-10-8(6)7(11)2-4-9/h6,8,10H,2-3,5H2,1H3. The van der Waals surface area contributed by atoms with Crippen molar-refractivity contribution in [3.05, 3.63) is 0 Å². The van der Waals surface area contributed by atoms with E-state index in [2.05, 4.69) is 5.32 Å². The van der Waals surface area contributed by atoms with Crippen LogP contribution in [-0.4, -0.2) is 18.4 Å². The minimum Gasteiger partial charge on any atom is -0.307 e. The van der Waals surface area contributed by atoms with Crippen LogP contribution in [0.4, 0.5) is 0 Å². The van der Waals surface area contributed by atoms with Crippen LogP contribution in [0.15, 0.2) is 0 Å². The van der Waals surface area contributed by atoms with Crippen LogP contribution in [0.5, 0.6) is 0 Å². The van der Waals surface area contributed by atoms with Crippen molar-refractivity contribution in [2.45, 2.75) is 25.8 Å². The molecule has 0 bridgehead atoms. The summed E-state index contributed by atoms with van der Waals surface area (Å²) in [6, 6.07) is 1.81. The first-order valence-corrected chi connectivity index (χ1v) is 3.88. The van der Waals surface area contributed by atoms with E-state index < -0.39 is 0 Å². The van der Waals surface area contributed by atoms with Gasteiger partial charge in [0.25, 0.3) is 0 Å². The Kier molecular flexibility index (Phi) is 2.61. The first kappa shape index (κ1) is 8.22. The number of carbonyl (C=O) groups is 1. The predicted molar refractivity (Wildman–Crippen MR) is 40.8 cm³/mol. The molecule has 1 fully saturated rings. The number of nitrogens with one attached hydrogen (secondary N) is 1. The number of rotatable bonds is 2. The first-order chi connectivity index (χ1) is 5.25. The Morgan fingerprint density at radius 1 is 1.82 bits per heavy atom. The summed E-state index contributed by atoms with van der Waals surface area (Å²) < 4.78 is 0. The van der Waals surface area contributed by atoms with Crippen LogP contribution in [0.25, 0.3) is 0 Å². The zero-order valence-corrected chi connectivity index (χ0v) is 6.63. The third-order valence-corrected chi connectivity index (χ3v) is 2.13. The molecule has 1 N–H and O–H groups in total. The molecular weight excluding hydrogens is 140 g/mol. The molecule has 0 aromatic heterocycles. The third kappa shape index (κ3) is 1.78. The molecule has 1 saturated heterocycles. The Hall–Kier alpha value is -0.880. The second-order valence-corrected chi connectivity index (χ2v) is 3.00. The van der Waals surface area contributed by atoms with Gasteiger partial charge in [0, 0.05) is 0 Å². The quantitative estimate of drug-likeness (QED) is 0.625. The van der Waals surface area contributed by atoms with Gasteiger partial charge in [-0.05, 0) is 18.9 Å². The van der Waals surface area contributed by atoms with Gasteiger partial charge >= 0.3 is 0 Å². The molecule has 0 aliphatic carbocycles. The molecule has 3 heteroatoms. The number of nitrogens with zero attached hydrogens (tertiary/aromatic N) is 1. The van der Waals surface area contributed by atoms with Crippen LogP contribution in [0.3, 0.4) is 0 Å². The van der Waals surface area contributed by atoms with E-state index in [0.29, 0.717) is 5.92 Å². The summed E-state index contributed by atoms with van der Waals surface area (Å²) >= 11 is 0. The Labute approximate surface area is 66.4 Å². The fourth-order valence-corrected chi connectivity index (χ4v) is 1.45. The number of Topliss-reactive ketones (excluding diaryl/α,β-unsaturated/α-hetero) is 1. The maximum atomic E-state index is 11.2. The molecule has 11 heavy (non-hydrogen) atoms. The van der Waals surface area contributed by atoms with Crippen LogP contribution in [-0.2, 0) is 4.79 Å². The minimum absolute atomic E-state index is 0.0394. The van der Waals surface area contributed by atoms with E-state index in [9.17, 15) is 4.79 Å². The summed E-state index contributed by atoms with van der Waals surface area (Å²) in [5, 5.41) is 11.4. The van der Waals surface area contributed by atoms with Gasteiger partial charge in [0.2, 0.25) is 0 Å². The average Bonchev–Trinajstić information content (AvgIpc) is 2.36. The second kappa shape index (κ2) is 3.49. The zero-order valence-electron chi connectivity index (χ0n) is 6.63. The number of nitriles is 1. The molecule has 0 radical (unpaired) electrons. The molecular formula is C8H12N2O. The highest BCUT2D eigenvalue weighted by Gasteiger charge is 2.28. The number of ketones is 1. The van der Waals surface area contributed by atoms with E-state index >= 15 is 0 Å². The van der Waals surface area contributed by atoms with Gasteiger partial charge in [0.1, 0.15) is 0 Å². The minimum atomic E-state index is -0.0605. The lowest BCUT2D eigenvalue weighted by atomic mass is 9.98. The molecule has 0 saturated carbocycles. The number of hydrogen-bond acceptors (Lipinski definition) is 3. The van der Waals surface area contributed by atoms with E-state index in [4.69, 9.17) is 5.26 Å². The van der Waals surface area contributed by atoms with Crippen LogP contribution < -0.4 is 5.32 Å². The Morgan fingerprint density at radius 3 is 3.00 bits per heavy atom. The van der Waals surface area contributed by atoms with Gasteiger partial charge in [-0.1, -0.05) is 6.92 Å². The van der Waals surface area contributed by atoms with Crippen molar-refractivity contribution in [2.24, 2.45) is 5.92 Å². The van der Waals surface area contributed by atoms with Gasteiger partial charge < -0.3 is 5.32 Å². The Balaban J connectivity index is 2.47. The smallest absolute Gasteiger partial charge is 0.164 e. The summed E-state index contributed by atoms with van der Waals surface area (Å²) in [6.07, 6.45) is 1.09. The lowest BCUT2D eigenvalue weighted by molar-refractivity contribution is -0.120. The summed E-state index contributed by atoms with van der Waals surface area (Å²) in [5.74, 6) is 0.438. The first-order valence-electron chi connectivity index (χ1n) is 3.88. The zero-order chi connectivity index (χ0) is 8.27. The van der Waals surface area contributed by atoms with Gasteiger partial charge in [-0.15, -0.1) is 0 Å². The third-order valence-electron chi connectivity index (χ3n) is 2.13. The SMILES string of the molecule is CC1CCNC1C(=O)CC#N. The van der Waals surface area contributed by atoms with Crippen molar-refractivity contribution in [1.29, 1.82) is 5.26 Å². The van der Waals surface area contributed by atoms with Crippen molar-refractivity contribution in [2.75, 3.05) is 6.54 Å². The molecule has 1 aliphatic heterocycles. The van der Waals surface area contributed by atoms with Crippen LogP contribution in [0.1, 0.15) is 19.8 Å². The van der Waals surface area contributed by atoms with Gasteiger partial charge in [0.15, 0.2) is 5.78 Å². The van der Waals surface area contributed by atoms with E-state index in [1.807, 2.05) is 13.0 Å². The van der Waals surface area contributed by atoms with Gasteiger partial charge in [-0.2, -0.15) is 5.26 Å². The lowest BCUT2D eigenvalue weighted by Crippen LogP contribution is -2.34. The molecule has 0 aromatic carbocycles. The van der Waals surface area contributed by atoms with Crippen molar-refractivity contribution in [3.63, 3.8) is 0 Å². The van der Waals surface area contributed by atoms with Crippen molar-refractivity contribution >= 4 is 5.78 Å². The van der Waals surface area contributed by atoms with E-state index in [0.717, 1.165) is 13.0 Å². The largest absolute Gasteiger partial charge is 0.307 e. The second-order valence-electron chi connectivity index (χ2n) is 3.00. The highest BCUT2D eigenvalue weighted by molar-refractivity contribution is 5.86.